The quantitative estimate of drug-likeness (QED) is 0.852. The van der Waals surface area contributed by atoms with Crippen molar-refractivity contribution in [3.8, 4) is 0 Å². The molecule has 1 aromatic carbocycles. The molecule has 1 aliphatic heterocycles. The highest BCUT2D eigenvalue weighted by Crippen LogP contribution is 2.36. The molecule has 0 saturated carbocycles. The van der Waals surface area contributed by atoms with Crippen molar-refractivity contribution in [3.63, 3.8) is 0 Å². The van der Waals surface area contributed by atoms with Crippen LogP contribution in [0.15, 0.2) is 29.3 Å². The Hall–Kier alpha value is -1.51. The van der Waals surface area contributed by atoms with Crippen molar-refractivity contribution in [2.75, 3.05) is 19.6 Å². The first-order valence-corrected chi connectivity index (χ1v) is 7.38. The summed E-state index contributed by atoms with van der Waals surface area (Å²) in [5.74, 6) is 0.982. The van der Waals surface area contributed by atoms with E-state index in [-0.39, 0.29) is 5.41 Å². The summed E-state index contributed by atoms with van der Waals surface area (Å²) < 4.78 is 0. The Morgan fingerprint density at radius 1 is 1.32 bits per heavy atom. The van der Waals surface area contributed by atoms with E-state index in [0.29, 0.717) is 0 Å². The molecule has 19 heavy (non-hydrogen) atoms. The van der Waals surface area contributed by atoms with Gasteiger partial charge in [-0.25, -0.2) is 0 Å². The predicted molar refractivity (Wildman–Crippen MR) is 79.7 cm³/mol. The van der Waals surface area contributed by atoms with Gasteiger partial charge in [0.15, 0.2) is 5.96 Å². The topological polar surface area (TPSA) is 36.4 Å². The zero-order valence-electron chi connectivity index (χ0n) is 11.7. The molecule has 0 aromatic heterocycles. The van der Waals surface area contributed by atoms with Gasteiger partial charge in [0.25, 0.3) is 0 Å². The lowest BCUT2D eigenvalue weighted by molar-refractivity contribution is 0.388. The van der Waals surface area contributed by atoms with Gasteiger partial charge in [-0.2, -0.15) is 0 Å². The van der Waals surface area contributed by atoms with Crippen molar-refractivity contribution in [1.29, 1.82) is 0 Å². The maximum Gasteiger partial charge on any atom is 0.191 e. The molecule has 1 aromatic rings. The van der Waals surface area contributed by atoms with E-state index in [9.17, 15) is 0 Å². The van der Waals surface area contributed by atoms with Crippen molar-refractivity contribution in [1.82, 2.24) is 10.6 Å². The molecule has 1 heterocycles. The van der Waals surface area contributed by atoms with Gasteiger partial charge in [-0.05, 0) is 36.8 Å². The molecule has 1 aliphatic carbocycles. The molecule has 3 heteroatoms. The summed E-state index contributed by atoms with van der Waals surface area (Å²) >= 11 is 0. The molecule has 0 spiro atoms. The molecule has 0 amide bonds. The van der Waals surface area contributed by atoms with Crippen LogP contribution in [0.25, 0.3) is 0 Å². The van der Waals surface area contributed by atoms with Crippen molar-refractivity contribution >= 4 is 5.96 Å². The Balaban J connectivity index is 1.74. The van der Waals surface area contributed by atoms with E-state index in [2.05, 4.69) is 46.8 Å². The summed E-state index contributed by atoms with van der Waals surface area (Å²) in [7, 11) is 0. The van der Waals surface area contributed by atoms with Crippen molar-refractivity contribution in [2.24, 2.45) is 4.99 Å². The molecule has 3 nitrogen and oxygen atoms in total. The molecule has 2 N–H and O–H groups in total. The molecule has 0 fully saturated rings. The summed E-state index contributed by atoms with van der Waals surface area (Å²) in [6.45, 7) is 5.33. The molecule has 3 rings (SSSR count). The predicted octanol–water partition coefficient (Wildman–Crippen LogP) is 2.22. The molecule has 102 valence electrons. The third-order valence-electron chi connectivity index (χ3n) is 4.39. The molecule has 1 unspecified atom stereocenters. The summed E-state index contributed by atoms with van der Waals surface area (Å²) in [5.41, 5.74) is 3.28. The van der Waals surface area contributed by atoms with Gasteiger partial charge in [-0.15, -0.1) is 0 Å². The number of aliphatic imine (C=N–C) groups is 1. The molecule has 0 bridgehead atoms. The van der Waals surface area contributed by atoms with Gasteiger partial charge in [0, 0.05) is 25.0 Å². The van der Waals surface area contributed by atoms with Gasteiger partial charge in [-0.1, -0.05) is 31.2 Å². The van der Waals surface area contributed by atoms with Crippen LogP contribution >= 0.6 is 0 Å². The normalized spacial score (nSPS) is 26.1. The van der Waals surface area contributed by atoms with Crippen molar-refractivity contribution < 1.29 is 0 Å². The number of nitrogens with zero attached hydrogens (tertiary/aromatic N) is 1. The minimum atomic E-state index is 0.233. The van der Waals surface area contributed by atoms with Gasteiger partial charge >= 0.3 is 0 Å². The summed E-state index contributed by atoms with van der Waals surface area (Å²) in [4.78, 5) is 4.50. The second-order valence-electron chi connectivity index (χ2n) is 5.94. The van der Waals surface area contributed by atoms with E-state index in [1.165, 1.54) is 30.4 Å². The zero-order chi connectivity index (χ0) is 13.1. The number of guanidine groups is 1. The van der Waals surface area contributed by atoms with Gasteiger partial charge in [-0.3, -0.25) is 4.99 Å². The highest BCUT2D eigenvalue weighted by atomic mass is 15.2. The van der Waals surface area contributed by atoms with E-state index < -0.39 is 0 Å². The van der Waals surface area contributed by atoms with Crippen molar-refractivity contribution in [2.45, 2.75) is 38.0 Å². The third-order valence-corrected chi connectivity index (χ3v) is 4.39. The lowest BCUT2D eigenvalue weighted by Gasteiger charge is -2.36. The number of rotatable bonds is 2. The van der Waals surface area contributed by atoms with Crippen LogP contribution in [-0.4, -0.2) is 25.6 Å². The lowest BCUT2D eigenvalue weighted by Crippen LogP contribution is -2.47. The van der Waals surface area contributed by atoms with E-state index >= 15 is 0 Å². The standard InChI is InChI=1S/C16H23N3/c1-16(12-19-15-17-10-5-11-18-15)9-4-7-13-6-2-3-8-14(13)16/h2-3,6,8H,4-5,7,9-12H2,1H3,(H2,17,18,19). The highest BCUT2D eigenvalue weighted by Gasteiger charge is 2.31. The van der Waals surface area contributed by atoms with E-state index in [1.54, 1.807) is 0 Å². The number of hydrogen-bond acceptors (Lipinski definition) is 3. The summed E-state index contributed by atoms with van der Waals surface area (Å²) in [6.07, 6.45) is 4.91. The molecule has 0 saturated heterocycles. The second-order valence-corrected chi connectivity index (χ2v) is 5.94. The Bertz CT molecular complexity index is 481. The molecule has 2 aliphatic rings. The maximum atomic E-state index is 4.50. The van der Waals surface area contributed by atoms with Crippen LogP contribution in [0.3, 0.4) is 0 Å². The average Bonchev–Trinajstić information content (AvgIpc) is 2.47. The Morgan fingerprint density at radius 3 is 3.05 bits per heavy atom. The molecule has 0 radical (unpaired) electrons. The minimum Gasteiger partial charge on any atom is -0.356 e. The molecule has 1 atom stereocenters. The highest BCUT2D eigenvalue weighted by molar-refractivity contribution is 5.80. The van der Waals surface area contributed by atoms with Crippen molar-refractivity contribution in [3.05, 3.63) is 35.4 Å². The van der Waals surface area contributed by atoms with Gasteiger partial charge in [0.05, 0.1) is 0 Å². The van der Waals surface area contributed by atoms with Gasteiger partial charge in [0.2, 0.25) is 0 Å². The van der Waals surface area contributed by atoms with Crippen LogP contribution in [0.1, 0.15) is 37.3 Å². The number of nitrogens with one attached hydrogen (secondary N) is 2. The summed E-state index contributed by atoms with van der Waals surface area (Å²) in [6, 6.07) is 8.90. The Morgan fingerprint density at radius 2 is 2.21 bits per heavy atom. The largest absolute Gasteiger partial charge is 0.356 e. The fraction of sp³-hybridized carbons (Fsp3) is 0.562. The first kappa shape index (κ1) is 12.5. The lowest BCUT2D eigenvalue weighted by atomic mass is 9.71. The van der Waals surface area contributed by atoms with E-state index in [4.69, 9.17) is 0 Å². The SMILES string of the molecule is CC1(CNC2=NCCCN2)CCCc2ccccc21. The summed E-state index contributed by atoms with van der Waals surface area (Å²) in [5, 5.41) is 6.85. The monoisotopic (exact) mass is 257 g/mol. The average molecular weight is 257 g/mol. The smallest absolute Gasteiger partial charge is 0.191 e. The number of fused-ring (bicyclic) bond motifs is 1. The first-order valence-electron chi connectivity index (χ1n) is 7.38. The van der Waals surface area contributed by atoms with Crippen LogP contribution in [0.2, 0.25) is 0 Å². The Kier molecular flexibility index (Phi) is 3.45. The fourth-order valence-corrected chi connectivity index (χ4v) is 3.24. The zero-order valence-corrected chi connectivity index (χ0v) is 11.7. The van der Waals surface area contributed by atoms with Gasteiger partial charge < -0.3 is 10.6 Å². The second kappa shape index (κ2) is 5.24. The van der Waals surface area contributed by atoms with Crippen LogP contribution in [0, 0.1) is 0 Å². The Labute approximate surface area is 115 Å². The molecular weight excluding hydrogens is 234 g/mol. The van der Waals surface area contributed by atoms with Crippen LogP contribution < -0.4 is 10.6 Å². The third kappa shape index (κ3) is 2.60. The minimum absolute atomic E-state index is 0.233. The number of benzene rings is 1. The first-order chi connectivity index (χ1) is 9.28. The fourth-order valence-electron chi connectivity index (χ4n) is 3.24. The van der Waals surface area contributed by atoms with Crippen LogP contribution in [-0.2, 0) is 11.8 Å². The van der Waals surface area contributed by atoms with Gasteiger partial charge in [0.1, 0.15) is 0 Å². The van der Waals surface area contributed by atoms with Crippen LogP contribution in [0.4, 0.5) is 0 Å². The van der Waals surface area contributed by atoms with E-state index in [1.807, 2.05) is 0 Å². The number of aryl methyl sites for hydroxylation is 1. The molecular formula is C16H23N3. The van der Waals surface area contributed by atoms with E-state index in [0.717, 1.165) is 32.0 Å². The van der Waals surface area contributed by atoms with Crippen LogP contribution in [0.5, 0.6) is 0 Å². The maximum absolute atomic E-state index is 4.50. The number of hydrogen-bond donors (Lipinski definition) is 2.